The molecular formula is C11H19N3OS. The standard InChI is InChI=1S/C11H19N3OS/c15-10-8-14(7-6-12-10)11(16)13-9-4-2-1-3-5-9/h9H,1-8H2,(H,12,15)(H,13,16). The monoisotopic (exact) mass is 241 g/mol. The number of carbonyl (C=O) groups is 1. The quantitative estimate of drug-likeness (QED) is 0.661. The predicted molar refractivity (Wildman–Crippen MR) is 67.2 cm³/mol. The molecule has 0 spiro atoms. The van der Waals surface area contributed by atoms with E-state index in [9.17, 15) is 4.79 Å². The molecular weight excluding hydrogens is 222 g/mol. The van der Waals surface area contributed by atoms with Crippen LogP contribution in [0.25, 0.3) is 0 Å². The van der Waals surface area contributed by atoms with Crippen LogP contribution >= 0.6 is 12.2 Å². The van der Waals surface area contributed by atoms with E-state index in [0.29, 0.717) is 19.1 Å². The van der Waals surface area contributed by atoms with Gasteiger partial charge >= 0.3 is 0 Å². The van der Waals surface area contributed by atoms with Gasteiger partial charge in [-0.05, 0) is 25.1 Å². The van der Waals surface area contributed by atoms with Crippen LogP contribution < -0.4 is 10.6 Å². The Morgan fingerprint density at radius 1 is 1.38 bits per heavy atom. The van der Waals surface area contributed by atoms with Gasteiger partial charge in [0.15, 0.2) is 5.11 Å². The average molecular weight is 241 g/mol. The molecule has 1 heterocycles. The summed E-state index contributed by atoms with van der Waals surface area (Å²) < 4.78 is 0. The van der Waals surface area contributed by atoms with Gasteiger partial charge in [-0.25, -0.2) is 0 Å². The molecule has 2 fully saturated rings. The Morgan fingerprint density at radius 2 is 2.12 bits per heavy atom. The van der Waals surface area contributed by atoms with Crippen LogP contribution in [0, 0.1) is 0 Å². The van der Waals surface area contributed by atoms with Crippen molar-refractivity contribution < 1.29 is 4.79 Å². The zero-order chi connectivity index (χ0) is 11.4. The van der Waals surface area contributed by atoms with Gasteiger partial charge < -0.3 is 15.5 Å². The Morgan fingerprint density at radius 3 is 2.81 bits per heavy atom. The summed E-state index contributed by atoms with van der Waals surface area (Å²) in [6.45, 7) is 1.92. The molecule has 90 valence electrons. The Balaban J connectivity index is 1.79. The first-order valence-electron chi connectivity index (χ1n) is 6.08. The molecule has 4 nitrogen and oxygen atoms in total. The van der Waals surface area contributed by atoms with E-state index in [1.54, 1.807) is 0 Å². The van der Waals surface area contributed by atoms with Gasteiger partial charge in [-0.3, -0.25) is 4.79 Å². The van der Waals surface area contributed by atoms with Crippen molar-refractivity contribution in [3.63, 3.8) is 0 Å². The molecule has 1 aliphatic heterocycles. The topological polar surface area (TPSA) is 44.4 Å². The van der Waals surface area contributed by atoms with Gasteiger partial charge in [-0.1, -0.05) is 19.3 Å². The minimum atomic E-state index is 0.0686. The van der Waals surface area contributed by atoms with Crippen LogP contribution in [0.1, 0.15) is 32.1 Å². The van der Waals surface area contributed by atoms with Gasteiger partial charge in [0.2, 0.25) is 5.91 Å². The predicted octanol–water partition coefficient (Wildman–Crippen LogP) is 0.625. The van der Waals surface area contributed by atoms with E-state index in [-0.39, 0.29) is 5.91 Å². The third-order valence-corrected chi connectivity index (χ3v) is 3.63. The minimum Gasteiger partial charge on any atom is -0.360 e. The Hall–Kier alpha value is -0.840. The summed E-state index contributed by atoms with van der Waals surface area (Å²) >= 11 is 5.34. The second-order valence-electron chi connectivity index (χ2n) is 4.56. The van der Waals surface area contributed by atoms with Gasteiger partial charge in [0.25, 0.3) is 0 Å². The van der Waals surface area contributed by atoms with Crippen LogP contribution in [0.5, 0.6) is 0 Å². The molecule has 1 saturated carbocycles. The highest BCUT2D eigenvalue weighted by atomic mass is 32.1. The first-order chi connectivity index (χ1) is 7.75. The van der Waals surface area contributed by atoms with E-state index in [2.05, 4.69) is 10.6 Å². The molecule has 0 aromatic rings. The SMILES string of the molecule is O=C1CN(C(=S)NC2CCCCC2)CCN1. The van der Waals surface area contributed by atoms with Crippen molar-refractivity contribution in [1.29, 1.82) is 0 Å². The zero-order valence-electron chi connectivity index (χ0n) is 9.50. The molecule has 2 N–H and O–H groups in total. The molecule has 2 aliphatic rings. The number of rotatable bonds is 1. The summed E-state index contributed by atoms with van der Waals surface area (Å²) in [6, 6.07) is 0.520. The molecule has 0 unspecified atom stereocenters. The molecule has 0 aromatic carbocycles. The lowest BCUT2D eigenvalue weighted by Gasteiger charge is -2.32. The fourth-order valence-electron chi connectivity index (χ4n) is 2.32. The molecule has 0 radical (unpaired) electrons. The van der Waals surface area contributed by atoms with Crippen molar-refractivity contribution in [2.24, 2.45) is 0 Å². The van der Waals surface area contributed by atoms with Gasteiger partial charge in [0.05, 0.1) is 6.54 Å². The molecule has 0 aromatic heterocycles. The summed E-state index contributed by atoms with van der Waals surface area (Å²) in [5.74, 6) is 0.0686. The molecule has 2 rings (SSSR count). The van der Waals surface area contributed by atoms with Crippen LogP contribution in [0.4, 0.5) is 0 Å². The van der Waals surface area contributed by atoms with Crippen LogP contribution in [-0.4, -0.2) is 41.6 Å². The maximum Gasteiger partial charge on any atom is 0.239 e. The van der Waals surface area contributed by atoms with E-state index in [1.165, 1.54) is 32.1 Å². The summed E-state index contributed by atoms with van der Waals surface area (Å²) in [6.07, 6.45) is 6.35. The molecule has 16 heavy (non-hydrogen) atoms. The zero-order valence-corrected chi connectivity index (χ0v) is 10.3. The van der Waals surface area contributed by atoms with Crippen molar-refractivity contribution in [2.75, 3.05) is 19.6 Å². The van der Waals surface area contributed by atoms with Gasteiger partial charge in [-0.2, -0.15) is 0 Å². The lowest BCUT2D eigenvalue weighted by molar-refractivity contribution is -0.122. The van der Waals surface area contributed by atoms with Gasteiger partial charge in [-0.15, -0.1) is 0 Å². The third kappa shape index (κ3) is 3.07. The minimum absolute atomic E-state index is 0.0686. The molecule has 0 bridgehead atoms. The number of piperazine rings is 1. The van der Waals surface area contributed by atoms with Crippen molar-refractivity contribution in [2.45, 2.75) is 38.1 Å². The third-order valence-electron chi connectivity index (χ3n) is 3.26. The highest BCUT2D eigenvalue weighted by Gasteiger charge is 2.21. The molecule has 1 aliphatic carbocycles. The molecule has 5 heteroatoms. The fourth-order valence-corrected chi connectivity index (χ4v) is 2.65. The average Bonchev–Trinajstić information content (AvgIpc) is 2.30. The van der Waals surface area contributed by atoms with Crippen molar-refractivity contribution in [3.8, 4) is 0 Å². The van der Waals surface area contributed by atoms with E-state index >= 15 is 0 Å². The van der Waals surface area contributed by atoms with Gasteiger partial charge in [0.1, 0.15) is 0 Å². The maximum absolute atomic E-state index is 11.2. The van der Waals surface area contributed by atoms with Crippen molar-refractivity contribution in [1.82, 2.24) is 15.5 Å². The van der Waals surface area contributed by atoms with Crippen LogP contribution in [0.2, 0.25) is 0 Å². The first-order valence-corrected chi connectivity index (χ1v) is 6.48. The lowest BCUT2D eigenvalue weighted by atomic mass is 9.96. The Bertz CT molecular complexity index is 276. The normalized spacial score (nSPS) is 22.8. The van der Waals surface area contributed by atoms with Crippen LogP contribution in [-0.2, 0) is 4.79 Å². The number of hydrogen-bond donors (Lipinski definition) is 2. The number of thiocarbonyl (C=S) groups is 1. The maximum atomic E-state index is 11.2. The second-order valence-corrected chi connectivity index (χ2v) is 4.94. The van der Waals surface area contributed by atoms with Gasteiger partial charge in [0, 0.05) is 19.1 Å². The molecule has 1 saturated heterocycles. The fraction of sp³-hybridized carbons (Fsp3) is 0.818. The largest absolute Gasteiger partial charge is 0.360 e. The van der Waals surface area contributed by atoms with E-state index in [4.69, 9.17) is 12.2 Å². The first kappa shape index (κ1) is 11.6. The smallest absolute Gasteiger partial charge is 0.239 e. The van der Waals surface area contributed by atoms with E-state index < -0.39 is 0 Å². The summed E-state index contributed by atoms with van der Waals surface area (Å²) in [7, 11) is 0. The van der Waals surface area contributed by atoms with Crippen molar-refractivity contribution in [3.05, 3.63) is 0 Å². The Labute approximate surface area is 102 Å². The summed E-state index contributed by atoms with van der Waals surface area (Å²) in [5, 5.41) is 6.94. The lowest BCUT2D eigenvalue weighted by Crippen LogP contribution is -2.54. The van der Waals surface area contributed by atoms with E-state index in [0.717, 1.165) is 11.7 Å². The van der Waals surface area contributed by atoms with Crippen LogP contribution in [0.15, 0.2) is 0 Å². The number of carbonyl (C=O) groups excluding carboxylic acids is 1. The summed E-state index contributed by atoms with van der Waals surface area (Å²) in [5.41, 5.74) is 0. The highest BCUT2D eigenvalue weighted by Crippen LogP contribution is 2.17. The number of amides is 1. The number of nitrogens with one attached hydrogen (secondary N) is 2. The highest BCUT2D eigenvalue weighted by molar-refractivity contribution is 7.80. The van der Waals surface area contributed by atoms with Crippen LogP contribution in [0.3, 0.4) is 0 Å². The second kappa shape index (κ2) is 5.48. The van der Waals surface area contributed by atoms with E-state index in [1.807, 2.05) is 4.90 Å². The van der Waals surface area contributed by atoms with Crippen molar-refractivity contribution >= 4 is 23.2 Å². The summed E-state index contributed by atoms with van der Waals surface area (Å²) in [4.78, 5) is 13.2. The molecule has 1 amide bonds. The number of hydrogen-bond acceptors (Lipinski definition) is 2. The number of nitrogens with zero attached hydrogens (tertiary/aromatic N) is 1. The Kier molecular flexibility index (Phi) is 3.98. The molecule has 0 atom stereocenters.